The monoisotopic (exact) mass is 329 g/mol. The van der Waals surface area contributed by atoms with Crippen molar-refractivity contribution in [3.05, 3.63) is 34.8 Å². The molecule has 0 aliphatic heterocycles. The van der Waals surface area contributed by atoms with E-state index in [4.69, 9.17) is 4.74 Å². The average Bonchev–Trinajstić information content (AvgIpc) is 2.89. The molecule has 1 N–H and O–H groups in total. The summed E-state index contributed by atoms with van der Waals surface area (Å²) in [6, 6.07) is 7.59. The van der Waals surface area contributed by atoms with Gasteiger partial charge in [0.05, 0.1) is 25.6 Å². The van der Waals surface area contributed by atoms with Gasteiger partial charge in [-0.05, 0) is 30.7 Å². The second-order valence-electron chi connectivity index (χ2n) is 6.16. The Morgan fingerprint density at radius 2 is 2.09 bits per heavy atom. The van der Waals surface area contributed by atoms with Crippen molar-refractivity contribution in [2.45, 2.75) is 26.7 Å². The zero-order valence-electron chi connectivity index (χ0n) is 13.4. The standard InChI is InChI=1S/C17H19N3O2S/c1-17(2)9-14-13(8-15(17)21)20-16(23-14)19-10-18-11-4-6-12(22-3)7-5-11/h4-7,10H,8-9H2,1-3H3,(H,18,19,20). The van der Waals surface area contributed by atoms with Gasteiger partial charge in [-0.2, -0.15) is 0 Å². The molecule has 0 bridgehead atoms. The number of nitrogens with one attached hydrogen (secondary N) is 1. The molecule has 0 amide bonds. The minimum atomic E-state index is -0.290. The molecule has 1 aromatic heterocycles. The molecule has 0 fully saturated rings. The van der Waals surface area contributed by atoms with Gasteiger partial charge in [-0.15, -0.1) is 0 Å². The molecule has 0 unspecified atom stereocenters. The number of thiazole rings is 1. The smallest absolute Gasteiger partial charge is 0.210 e. The van der Waals surface area contributed by atoms with Crippen molar-refractivity contribution >= 4 is 34.3 Å². The fraction of sp³-hybridized carbons (Fsp3) is 0.353. The van der Waals surface area contributed by atoms with Crippen LogP contribution in [0.1, 0.15) is 24.4 Å². The Morgan fingerprint density at radius 1 is 1.35 bits per heavy atom. The maximum Gasteiger partial charge on any atom is 0.210 e. The minimum absolute atomic E-state index is 0.252. The number of carbonyl (C=O) groups excluding carboxylic acids is 1. The zero-order valence-corrected chi connectivity index (χ0v) is 14.2. The molecule has 1 heterocycles. The number of carbonyl (C=O) groups is 1. The van der Waals surface area contributed by atoms with E-state index in [-0.39, 0.29) is 11.2 Å². The first-order valence-corrected chi connectivity index (χ1v) is 8.24. The predicted molar refractivity (Wildman–Crippen MR) is 93.1 cm³/mol. The van der Waals surface area contributed by atoms with Gasteiger partial charge in [0.15, 0.2) is 0 Å². The van der Waals surface area contributed by atoms with E-state index in [0.29, 0.717) is 11.6 Å². The third-order valence-corrected chi connectivity index (χ3v) is 4.95. The molecule has 1 aliphatic carbocycles. The summed E-state index contributed by atoms with van der Waals surface area (Å²) in [6.07, 6.45) is 2.79. The van der Waals surface area contributed by atoms with Gasteiger partial charge in [0.1, 0.15) is 11.5 Å². The summed E-state index contributed by atoms with van der Waals surface area (Å²) >= 11 is 1.56. The third-order valence-electron chi connectivity index (χ3n) is 3.95. The molecule has 0 saturated heterocycles. The number of aliphatic imine (C=N–C) groups is 1. The summed E-state index contributed by atoms with van der Waals surface area (Å²) in [6.45, 7) is 3.98. The molecule has 0 atom stereocenters. The van der Waals surface area contributed by atoms with Crippen LogP contribution in [-0.2, 0) is 17.6 Å². The molecule has 1 aliphatic rings. The number of Topliss-reactive ketones (excluding diaryl/α,β-unsaturated/α-hetero) is 1. The molecule has 6 heteroatoms. The van der Waals surface area contributed by atoms with Gasteiger partial charge in [0.2, 0.25) is 5.13 Å². The molecule has 120 valence electrons. The summed E-state index contributed by atoms with van der Waals surface area (Å²) < 4.78 is 5.12. The number of anilines is 1. The highest BCUT2D eigenvalue weighted by atomic mass is 32.1. The Labute approximate surface area is 139 Å². The van der Waals surface area contributed by atoms with Crippen LogP contribution < -0.4 is 10.1 Å². The number of benzene rings is 1. The molecular weight excluding hydrogens is 310 g/mol. The number of hydrogen-bond acceptors (Lipinski definition) is 5. The lowest BCUT2D eigenvalue weighted by atomic mass is 9.78. The van der Waals surface area contributed by atoms with E-state index in [1.165, 1.54) is 4.88 Å². The molecule has 0 saturated carbocycles. The lowest BCUT2D eigenvalue weighted by Crippen LogP contribution is -2.32. The fourth-order valence-corrected chi connectivity index (χ4v) is 3.59. The van der Waals surface area contributed by atoms with Crippen molar-refractivity contribution in [2.24, 2.45) is 10.4 Å². The van der Waals surface area contributed by atoms with Gasteiger partial charge in [-0.1, -0.05) is 25.2 Å². The van der Waals surface area contributed by atoms with Crippen LogP contribution in [0.25, 0.3) is 0 Å². The molecule has 0 spiro atoms. The first-order chi connectivity index (χ1) is 11.0. The van der Waals surface area contributed by atoms with Crippen LogP contribution in [0.2, 0.25) is 0 Å². The van der Waals surface area contributed by atoms with Crippen molar-refractivity contribution in [3.63, 3.8) is 0 Å². The molecular formula is C17H19N3O2S. The predicted octanol–water partition coefficient (Wildman–Crippen LogP) is 3.62. The van der Waals surface area contributed by atoms with Crippen molar-refractivity contribution in [2.75, 3.05) is 12.4 Å². The van der Waals surface area contributed by atoms with Gasteiger partial charge >= 0.3 is 0 Å². The number of rotatable bonds is 4. The summed E-state index contributed by atoms with van der Waals surface area (Å²) in [7, 11) is 1.64. The molecule has 0 radical (unpaired) electrons. The van der Waals surface area contributed by atoms with Crippen molar-refractivity contribution in [1.29, 1.82) is 0 Å². The van der Waals surface area contributed by atoms with E-state index < -0.39 is 0 Å². The SMILES string of the molecule is COc1ccc(N/C=N/c2nc3c(s2)CC(C)(C)C(=O)C3)cc1. The van der Waals surface area contributed by atoms with Crippen molar-refractivity contribution < 1.29 is 9.53 Å². The number of methoxy groups -OCH3 is 1. The van der Waals surface area contributed by atoms with Gasteiger partial charge < -0.3 is 10.1 Å². The number of nitrogens with zero attached hydrogens (tertiary/aromatic N) is 2. The van der Waals surface area contributed by atoms with E-state index in [9.17, 15) is 4.79 Å². The van der Waals surface area contributed by atoms with E-state index in [2.05, 4.69) is 15.3 Å². The summed E-state index contributed by atoms with van der Waals surface area (Å²) in [5.74, 6) is 1.06. The van der Waals surface area contributed by atoms with Gasteiger partial charge in [0.25, 0.3) is 0 Å². The average molecular weight is 329 g/mol. The van der Waals surface area contributed by atoms with Crippen molar-refractivity contribution in [3.8, 4) is 5.75 Å². The summed E-state index contributed by atoms with van der Waals surface area (Å²) in [5.41, 5.74) is 1.52. The molecule has 3 rings (SSSR count). The van der Waals surface area contributed by atoms with Crippen LogP contribution in [0, 0.1) is 5.41 Å². The van der Waals surface area contributed by atoms with E-state index in [0.717, 1.165) is 23.6 Å². The third kappa shape index (κ3) is 3.42. The minimum Gasteiger partial charge on any atom is -0.497 e. The molecule has 5 nitrogen and oxygen atoms in total. The van der Waals surface area contributed by atoms with E-state index in [1.54, 1.807) is 24.8 Å². The Hall–Kier alpha value is -2.21. The Morgan fingerprint density at radius 3 is 2.78 bits per heavy atom. The van der Waals surface area contributed by atoms with Crippen LogP contribution in [0.4, 0.5) is 10.8 Å². The molecule has 23 heavy (non-hydrogen) atoms. The second-order valence-corrected chi connectivity index (χ2v) is 7.22. The zero-order chi connectivity index (χ0) is 16.4. The first-order valence-electron chi connectivity index (χ1n) is 7.43. The molecule has 1 aromatic carbocycles. The lowest BCUT2D eigenvalue weighted by Gasteiger charge is -2.26. The van der Waals surface area contributed by atoms with Crippen LogP contribution in [0.3, 0.4) is 0 Å². The van der Waals surface area contributed by atoms with Crippen LogP contribution in [0.5, 0.6) is 5.75 Å². The number of fused-ring (bicyclic) bond motifs is 1. The van der Waals surface area contributed by atoms with Crippen LogP contribution in [-0.4, -0.2) is 24.2 Å². The van der Waals surface area contributed by atoms with Gasteiger partial charge in [-0.25, -0.2) is 9.98 Å². The highest BCUT2D eigenvalue weighted by molar-refractivity contribution is 7.15. The largest absolute Gasteiger partial charge is 0.497 e. The van der Waals surface area contributed by atoms with Gasteiger partial charge in [-0.3, -0.25) is 4.79 Å². The highest BCUT2D eigenvalue weighted by Crippen LogP contribution is 2.37. The molecule has 2 aromatic rings. The van der Waals surface area contributed by atoms with Gasteiger partial charge in [0, 0.05) is 16.0 Å². The fourth-order valence-electron chi connectivity index (χ4n) is 2.44. The second kappa shape index (κ2) is 6.12. The van der Waals surface area contributed by atoms with Crippen LogP contribution in [0.15, 0.2) is 29.3 Å². The first kappa shape index (κ1) is 15.7. The topological polar surface area (TPSA) is 63.6 Å². The van der Waals surface area contributed by atoms with Crippen molar-refractivity contribution in [1.82, 2.24) is 4.98 Å². The van der Waals surface area contributed by atoms with E-state index in [1.807, 2.05) is 38.1 Å². The number of ether oxygens (including phenoxy) is 1. The maximum absolute atomic E-state index is 12.0. The highest BCUT2D eigenvalue weighted by Gasteiger charge is 2.35. The van der Waals surface area contributed by atoms with E-state index >= 15 is 0 Å². The van der Waals surface area contributed by atoms with Crippen LogP contribution >= 0.6 is 11.3 Å². The Bertz CT molecular complexity index is 748. The Balaban J connectivity index is 1.68. The number of hydrogen-bond donors (Lipinski definition) is 1. The quantitative estimate of drug-likeness (QED) is 0.687. The summed E-state index contributed by atoms with van der Waals surface area (Å²) in [5, 5.41) is 3.78. The normalized spacial score (nSPS) is 16.4. The maximum atomic E-state index is 12.0. The number of ketones is 1. The summed E-state index contributed by atoms with van der Waals surface area (Å²) in [4.78, 5) is 22.0. The Kier molecular flexibility index (Phi) is 4.17. The number of aromatic nitrogens is 1. The lowest BCUT2D eigenvalue weighted by molar-refractivity contribution is -0.127.